The van der Waals surface area contributed by atoms with Crippen molar-refractivity contribution < 1.29 is 4.79 Å². The van der Waals surface area contributed by atoms with Crippen molar-refractivity contribution in [1.82, 2.24) is 25.0 Å². The van der Waals surface area contributed by atoms with Crippen molar-refractivity contribution in [1.29, 1.82) is 0 Å². The number of carbonyl (C=O) groups is 1. The van der Waals surface area contributed by atoms with Gasteiger partial charge >= 0.3 is 0 Å². The zero-order valence-corrected chi connectivity index (χ0v) is 20.0. The van der Waals surface area contributed by atoms with Crippen LogP contribution >= 0.6 is 0 Å². The normalized spacial score (nSPS) is 11.1. The first-order valence-electron chi connectivity index (χ1n) is 11.6. The Labute approximate surface area is 201 Å². The fraction of sp³-hybridized carbons (Fsp3) is 0.250. The van der Waals surface area contributed by atoms with Crippen LogP contribution in [0.3, 0.4) is 0 Å². The lowest BCUT2D eigenvalue weighted by molar-refractivity contribution is 0.0755. The molecule has 0 aliphatic carbocycles. The van der Waals surface area contributed by atoms with Crippen molar-refractivity contribution in [3.63, 3.8) is 0 Å². The molecule has 174 valence electrons. The van der Waals surface area contributed by atoms with Gasteiger partial charge in [-0.1, -0.05) is 42.5 Å². The molecule has 0 spiro atoms. The number of rotatable bonds is 9. The van der Waals surface area contributed by atoms with E-state index in [2.05, 4.69) is 28.6 Å². The molecule has 0 aliphatic heterocycles. The molecule has 2 aromatic carbocycles. The summed E-state index contributed by atoms with van der Waals surface area (Å²) in [7, 11) is 1.83. The van der Waals surface area contributed by atoms with Gasteiger partial charge in [0, 0.05) is 61.5 Å². The number of nitrogens with one attached hydrogen (secondary N) is 1. The molecule has 4 rings (SSSR count). The van der Waals surface area contributed by atoms with E-state index in [9.17, 15) is 4.79 Å². The fourth-order valence-electron chi connectivity index (χ4n) is 3.73. The number of benzene rings is 2. The number of hydrogen-bond donors (Lipinski definition) is 1. The number of nitrogens with zero attached hydrogens (tertiary/aromatic N) is 4. The molecular weight excluding hydrogens is 422 g/mol. The van der Waals surface area contributed by atoms with E-state index in [0.717, 1.165) is 22.4 Å². The van der Waals surface area contributed by atoms with Crippen molar-refractivity contribution in [3.8, 4) is 11.3 Å². The number of hydrogen-bond acceptors (Lipinski definition) is 4. The molecule has 0 bridgehead atoms. The summed E-state index contributed by atoms with van der Waals surface area (Å²) in [4.78, 5) is 18.5. The molecule has 6 nitrogen and oxygen atoms in total. The van der Waals surface area contributed by atoms with E-state index in [4.69, 9.17) is 5.10 Å². The molecule has 2 heterocycles. The van der Waals surface area contributed by atoms with Crippen LogP contribution in [0.1, 0.15) is 40.9 Å². The van der Waals surface area contributed by atoms with Gasteiger partial charge in [0.15, 0.2) is 0 Å². The second-order valence-corrected chi connectivity index (χ2v) is 8.74. The van der Waals surface area contributed by atoms with Crippen LogP contribution in [0.25, 0.3) is 11.3 Å². The Morgan fingerprint density at radius 3 is 2.41 bits per heavy atom. The Balaban J connectivity index is 1.44. The van der Waals surface area contributed by atoms with Crippen LogP contribution in [-0.2, 0) is 19.6 Å². The highest BCUT2D eigenvalue weighted by molar-refractivity contribution is 5.94. The maximum Gasteiger partial charge on any atom is 0.253 e. The predicted molar refractivity (Wildman–Crippen MR) is 135 cm³/mol. The molecule has 0 aliphatic rings. The zero-order chi connectivity index (χ0) is 23.9. The van der Waals surface area contributed by atoms with Crippen molar-refractivity contribution in [2.45, 2.75) is 39.5 Å². The lowest BCUT2D eigenvalue weighted by atomic mass is 10.1. The quantitative estimate of drug-likeness (QED) is 0.397. The molecule has 0 unspecified atom stereocenters. The van der Waals surface area contributed by atoms with E-state index in [0.29, 0.717) is 25.2 Å². The Kier molecular flexibility index (Phi) is 7.50. The maximum absolute atomic E-state index is 12.5. The molecule has 0 fully saturated rings. The van der Waals surface area contributed by atoms with E-state index in [-0.39, 0.29) is 11.9 Å². The molecule has 0 atom stereocenters. The largest absolute Gasteiger partial charge is 0.339 e. The SMILES string of the molecule is CC(C)N(C)C(=O)c1ccc(CNCc2cn(Cc3ccccc3)nc2-c2cccnc2)cc1. The van der Waals surface area contributed by atoms with E-state index in [1.165, 1.54) is 5.56 Å². The molecule has 1 N–H and O–H groups in total. The summed E-state index contributed by atoms with van der Waals surface area (Å²) in [5.74, 6) is 0.0430. The second-order valence-electron chi connectivity index (χ2n) is 8.74. The average Bonchev–Trinajstić information content (AvgIpc) is 3.27. The highest BCUT2D eigenvalue weighted by atomic mass is 16.2. The minimum absolute atomic E-state index is 0.0430. The molecule has 0 saturated heterocycles. The van der Waals surface area contributed by atoms with Crippen molar-refractivity contribution in [3.05, 3.63) is 108 Å². The monoisotopic (exact) mass is 453 g/mol. The van der Waals surface area contributed by atoms with E-state index >= 15 is 0 Å². The molecule has 6 heteroatoms. The number of pyridine rings is 1. The van der Waals surface area contributed by atoms with Crippen LogP contribution in [0.15, 0.2) is 85.3 Å². The Morgan fingerprint density at radius 2 is 1.74 bits per heavy atom. The van der Waals surface area contributed by atoms with Gasteiger partial charge in [0.25, 0.3) is 5.91 Å². The van der Waals surface area contributed by atoms with Gasteiger partial charge in [0.2, 0.25) is 0 Å². The summed E-state index contributed by atoms with van der Waals surface area (Å²) in [6, 6.07) is 22.3. The summed E-state index contributed by atoms with van der Waals surface area (Å²) in [5.41, 5.74) is 6.11. The number of aromatic nitrogens is 3. The minimum atomic E-state index is 0.0430. The predicted octanol–water partition coefficient (Wildman–Crippen LogP) is 4.76. The second kappa shape index (κ2) is 10.9. The van der Waals surface area contributed by atoms with Crippen LogP contribution in [-0.4, -0.2) is 38.7 Å². The summed E-state index contributed by atoms with van der Waals surface area (Å²) in [5, 5.41) is 8.38. The van der Waals surface area contributed by atoms with Gasteiger partial charge < -0.3 is 10.2 Å². The molecule has 34 heavy (non-hydrogen) atoms. The first-order chi connectivity index (χ1) is 16.5. The third-order valence-corrected chi connectivity index (χ3v) is 5.90. The van der Waals surface area contributed by atoms with Crippen molar-refractivity contribution in [2.75, 3.05) is 7.05 Å². The van der Waals surface area contributed by atoms with Gasteiger partial charge in [-0.15, -0.1) is 0 Å². The van der Waals surface area contributed by atoms with E-state index in [1.54, 1.807) is 11.1 Å². The number of amides is 1. The molecule has 2 aromatic heterocycles. The summed E-state index contributed by atoms with van der Waals surface area (Å²) >= 11 is 0. The Morgan fingerprint density at radius 1 is 0.971 bits per heavy atom. The topological polar surface area (TPSA) is 63.1 Å². The molecule has 0 radical (unpaired) electrons. The van der Waals surface area contributed by atoms with E-state index in [1.807, 2.05) is 86.4 Å². The molecule has 0 saturated carbocycles. The standard InChI is InChI=1S/C28H31N5O/c1-21(2)32(3)28(34)24-13-11-22(12-14-24)16-30-18-26-20-33(19-23-8-5-4-6-9-23)31-27(26)25-10-7-15-29-17-25/h4-15,17,20-21,30H,16,18-19H2,1-3H3. The van der Waals surface area contributed by atoms with Gasteiger partial charge in [0.1, 0.15) is 0 Å². The first kappa shape index (κ1) is 23.4. The lowest BCUT2D eigenvalue weighted by Gasteiger charge is -2.21. The maximum atomic E-state index is 12.5. The average molecular weight is 454 g/mol. The Hall–Kier alpha value is -3.77. The van der Waals surface area contributed by atoms with E-state index < -0.39 is 0 Å². The van der Waals surface area contributed by atoms with Gasteiger partial charge in [-0.3, -0.25) is 14.5 Å². The highest BCUT2D eigenvalue weighted by Gasteiger charge is 2.14. The van der Waals surface area contributed by atoms with Gasteiger partial charge in [0.05, 0.1) is 12.2 Å². The minimum Gasteiger partial charge on any atom is -0.339 e. The lowest BCUT2D eigenvalue weighted by Crippen LogP contribution is -2.32. The summed E-state index contributed by atoms with van der Waals surface area (Å²) in [6.45, 7) is 6.12. The van der Waals surface area contributed by atoms with Crippen LogP contribution in [0.2, 0.25) is 0 Å². The third-order valence-electron chi connectivity index (χ3n) is 5.90. The van der Waals surface area contributed by atoms with Crippen molar-refractivity contribution >= 4 is 5.91 Å². The first-order valence-corrected chi connectivity index (χ1v) is 11.6. The van der Waals surface area contributed by atoms with Crippen molar-refractivity contribution in [2.24, 2.45) is 0 Å². The summed E-state index contributed by atoms with van der Waals surface area (Å²) in [6.07, 6.45) is 5.73. The summed E-state index contributed by atoms with van der Waals surface area (Å²) < 4.78 is 1.99. The van der Waals surface area contributed by atoms with Crippen LogP contribution in [0, 0.1) is 0 Å². The van der Waals surface area contributed by atoms with Crippen LogP contribution in [0.4, 0.5) is 0 Å². The molecular formula is C28H31N5O. The smallest absolute Gasteiger partial charge is 0.253 e. The molecule has 1 amide bonds. The van der Waals surface area contributed by atoms with Gasteiger partial charge in [-0.2, -0.15) is 5.10 Å². The van der Waals surface area contributed by atoms with Crippen LogP contribution in [0.5, 0.6) is 0 Å². The van der Waals surface area contributed by atoms with Gasteiger partial charge in [-0.05, 0) is 49.2 Å². The zero-order valence-electron chi connectivity index (χ0n) is 20.0. The fourth-order valence-corrected chi connectivity index (χ4v) is 3.73. The Bertz CT molecular complexity index is 1200. The third kappa shape index (κ3) is 5.77. The van der Waals surface area contributed by atoms with Crippen LogP contribution < -0.4 is 5.32 Å². The highest BCUT2D eigenvalue weighted by Crippen LogP contribution is 2.22. The number of carbonyl (C=O) groups excluding carboxylic acids is 1. The molecule has 4 aromatic rings. The van der Waals surface area contributed by atoms with Gasteiger partial charge in [-0.25, -0.2) is 0 Å².